The summed E-state index contributed by atoms with van der Waals surface area (Å²) in [6.07, 6.45) is -0.205. The number of methoxy groups -OCH3 is 2. The van der Waals surface area contributed by atoms with Crippen molar-refractivity contribution < 1.29 is 19.1 Å². The smallest absolute Gasteiger partial charge is 0.329 e. The van der Waals surface area contributed by atoms with E-state index >= 15 is 0 Å². The number of aryl methyl sites for hydroxylation is 1. The van der Waals surface area contributed by atoms with Crippen LogP contribution >= 0.6 is 0 Å². The fourth-order valence-corrected chi connectivity index (χ4v) is 5.84. The van der Waals surface area contributed by atoms with Crippen LogP contribution in [0.2, 0.25) is 0 Å². The number of hydrogen-bond donors (Lipinski definition) is 0. The molecule has 0 fully saturated rings. The Morgan fingerprint density at radius 2 is 1.17 bits per heavy atom. The van der Waals surface area contributed by atoms with Gasteiger partial charge in [-0.2, -0.15) is 0 Å². The van der Waals surface area contributed by atoms with Gasteiger partial charge in [-0.1, -0.05) is 115 Å². The number of rotatable bonds is 9. The largest absolute Gasteiger partial charge is 0.469 e. The molecular formula is C36H33NO4. The van der Waals surface area contributed by atoms with Crippen molar-refractivity contribution >= 4 is 28.4 Å². The standard InChI is InChI=1S/C36H33NO4/c1-26-23-31(24-27-15-13-14-22-32(26)27)37(33(35(39)41-3)25-34(38)40-2)36(28-16-7-4-8-17-28,29-18-9-5-10-19-29)30-20-11-6-12-21-30/h4-24,33H,25H2,1-3H3/t33-/m0/s1. The highest BCUT2D eigenvalue weighted by Gasteiger charge is 2.48. The van der Waals surface area contributed by atoms with Gasteiger partial charge in [-0.25, -0.2) is 4.79 Å². The summed E-state index contributed by atoms with van der Waals surface area (Å²) in [6.45, 7) is 2.06. The van der Waals surface area contributed by atoms with Crippen molar-refractivity contribution in [2.24, 2.45) is 0 Å². The summed E-state index contributed by atoms with van der Waals surface area (Å²) in [4.78, 5) is 28.8. The first-order valence-electron chi connectivity index (χ1n) is 13.6. The third kappa shape index (κ3) is 5.19. The molecule has 0 N–H and O–H groups in total. The van der Waals surface area contributed by atoms with Gasteiger partial charge in [-0.05, 0) is 52.1 Å². The van der Waals surface area contributed by atoms with Crippen LogP contribution in [0, 0.1) is 6.92 Å². The van der Waals surface area contributed by atoms with Crippen LogP contribution in [-0.4, -0.2) is 32.2 Å². The van der Waals surface area contributed by atoms with Crippen LogP contribution in [-0.2, 0) is 24.6 Å². The molecule has 206 valence electrons. The van der Waals surface area contributed by atoms with Crippen LogP contribution < -0.4 is 4.90 Å². The minimum atomic E-state index is -1.04. The molecule has 5 rings (SSSR count). The minimum absolute atomic E-state index is 0.205. The number of fused-ring (bicyclic) bond motifs is 1. The van der Waals surface area contributed by atoms with Crippen molar-refractivity contribution in [1.82, 2.24) is 0 Å². The molecule has 0 aliphatic rings. The number of anilines is 1. The van der Waals surface area contributed by atoms with Crippen molar-refractivity contribution in [3.05, 3.63) is 150 Å². The summed E-state index contributed by atoms with van der Waals surface area (Å²) in [5.41, 5.74) is 3.59. The lowest BCUT2D eigenvalue weighted by atomic mass is 9.74. The summed E-state index contributed by atoms with van der Waals surface area (Å²) >= 11 is 0. The topological polar surface area (TPSA) is 55.8 Å². The van der Waals surface area contributed by atoms with E-state index in [4.69, 9.17) is 9.47 Å². The number of carbonyl (C=O) groups excluding carboxylic acids is 2. The molecule has 0 amide bonds. The Labute approximate surface area is 241 Å². The average molecular weight is 544 g/mol. The lowest BCUT2D eigenvalue weighted by Crippen LogP contribution is -2.57. The normalized spacial score (nSPS) is 12.0. The maximum Gasteiger partial charge on any atom is 0.329 e. The van der Waals surface area contributed by atoms with Gasteiger partial charge in [0.25, 0.3) is 0 Å². The van der Waals surface area contributed by atoms with Gasteiger partial charge in [0.2, 0.25) is 0 Å². The lowest BCUT2D eigenvalue weighted by Gasteiger charge is -2.49. The van der Waals surface area contributed by atoms with E-state index < -0.39 is 23.5 Å². The first-order valence-corrected chi connectivity index (χ1v) is 13.6. The molecule has 0 saturated heterocycles. The molecule has 5 nitrogen and oxygen atoms in total. The average Bonchev–Trinajstić information content (AvgIpc) is 3.03. The van der Waals surface area contributed by atoms with Crippen LogP contribution in [0.25, 0.3) is 10.8 Å². The third-order valence-electron chi connectivity index (χ3n) is 7.64. The van der Waals surface area contributed by atoms with Crippen LogP contribution in [0.1, 0.15) is 28.7 Å². The van der Waals surface area contributed by atoms with Crippen molar-refractivity contribution in [2.75, 3.05) is 19.1 Å². The zero-order valence-corrected chi connectivity index (χ0v) is 23.5. The minimum Gasteiger partial charge on any atom is -0.469 e. The molecule has 0 heterocycles. The quantitative estimate of drug-likeness (QED) is 0.147. The van der Waals surface area contributed by atoms with Crippen LogP contribution in [0.15, 0.2) is 127 Å². The Hall–Kier alpha value is -4.90. The fourth-order valence-electron chi connectivity index (χ4n) is 5.84. The van der Waals surface area contributed by atoms with E-state index in [-0.39, 0.29) is 6.42 Å². The van der Waals surface area contributed by atoms with Crippen LogP contribution in [0.3, 0.4) is 0 Å². The van der Waals surface area contributed by atoms with Crippen LogP contribution in [0.4, 0.5) is 5.69 Å². The van der Waals surface area contributed by atoms with Gasteiger partial charge in [0.05, 0.1) is 20.6 Å². The molecule has 0 aliphatic heterocycles. The van der Waals surface area contributed by atoms with E-state index in [0.717, 1.165) is 38.7 Å². The van der Waals surface area contributed by atoms with E-state index in [9.17, 15) is 9.59 Å². The molecule has 5 aromatic rings. The number of nitrogens with zero attached hydrogens (tertiary/aromatic N) is 1. The predicted molar refractivity (Wildman–Crippen MR) is 163 cm³/mol. The summed E-state index contributed by atoms with van der Waals surface area (Å²) in [6, 6.07) is 41.6. The van der Waals surface area contributed by atoms with Gasteiger partial charge in [-0.3, -0.25) is 4.79 Å². The molecule has 41 heavy (non-hydrogen) atoms. The third-order valence-corrected chi connectivity index (χ3v) is 7.64. The molecule has 0 unspecified atom stereocenters. The lowest BCUT2D eigenvalue weighted by molar-refractivity contribution is -0.149. The maximum atomic E-state index is 13.8. The SMILES string of the molecule is COC(=O)C[C@@H](C(=O)OC)N(c1cc(C)c2ccccc2c1)C(c1ccccc1)(c1ccccc1)c1ccccc1. The van der Waals surface area contributed by atoms with Crippen molar-refractivity contribution in [1.29, 1.82) is 0 Å². The first-order chi connectivity index (χ1) is 20.0. The van der Waals surface area contributed by atoms with Crippen molar-refractivity contribution in [2.45, 2.75) is 24.9 Å². The zero-order chi connectivity index (χ0) is 28.8. The second kappa shape index (κ2) is 12.1. The van der Waals surface area contributed by atoms with Crippen LogP contribution in [0.5, 0.6) is 0 Å². The molecule has 0 aromatic heterocycles. The van der Waals surface area contributed by atoms with Gasteiger partial charge in [0, 0.05) is 5.69 Å². The monoisotopic (exact) mass is 543 g/mol. The number of esters is 2. The highest BCUT2D eigenvalue weighted by molar-refractivity contribution is 5.92. The Morgan fingerprint density at radius 3 is 1.66 bits per heavy atom. The Bertz CT molecular complexity index is 1540. The van der Waals surface area contributed by atoms with Crippen molar-refractivity contribution in [3.8, 4) is 0 Å². The molecule has 0 spiro atoms. The predicted octanol–water partition coefficient (Wildman–Crippen LogP) is 7.05. The van der Waals surface area contributed by atoms with E-state index in [2.05, 4.69) is 72.5 Å². The fraction of sp³-hybridized carbons (Fsp3) is 0.167. The second-order valence-corrected chi connectivity index (χ2v) is 9.98. The number of carbonyl (C=O) groups is 2. The number of benzene rings is 5. The van der Waals surface area contributed by atoms with Gasteiger partial charge < -0.3 is 14.4 Å². The van der Waals surface area contributed by atoms with Gasteiger partial charge in [0.1, 0.15) is 11.6 Å². The Morgan fingerprint density at radius 1 is 0.683 bits per heavy atom. The van der Waals surface area contributed by atoms with Crippen molar-refractivity contribution in [3.63, 3.8) is 0 Å². The Kier molecular flexibility index (Phi) is 8.16. The first kappa shape index (κ1) is 27.7. The second-order valence-electron chi connectivity index (χ2n) is 9.98. The molecule has 1 atom stereocenters. The van der Waals surface area contributed by atoms with E-state index in [0.29, 0.717) is 0 Å². The summed E-state index contributed by atoms with van der Waals surface area (Å²) in [5.74, 6) is -1.04. The van der Waals surface area contributed by atoms with E-state index in [1.165, 1.54) is 14.2 Å². The number of hydrogen-bond acceptors (Lipinski definition) is 5. The summed E-state index contributed by atoms with van der Waals surface area (Å²) in [7, 11) is 2.69. The van der Waals surface area contributed by atoms with Gasteiger partial charge >= 0.3 is 11.9 Å². The van der Waals surface area contributed by atoms with Gasteiger partial charge in [0.15, 0.2) is 0 Å². The Balaban J connectivity index is 1.97. The molecular weight excluding hydrogens is 510 g/mol. The van der Waals surface area contributed by atoms with Gasteiger partial charge in [-0.15, -0.1) is 0 Å². The highest BCUT2D eigenvalue weighted by atomic mass is 16.5. The number of ether oxygens (including phenoxy) is 2. The van der Waals surface area contributed by atoms with E-state index in [1.54, 1.807) is 0 Å². The molecule has 0 radical (unpaired) electrons. The summed E-state index contributed by atoms with van der Waals surface area (Å²) < 4.78 is 10.5. The maximum absolute atomic E-state index is 13.8. The molecule has 5 aromatic carbocycles. The molecule has 0 saturated carbocycles. The van der Waals surface area contributed by atoms with E-state index in [1.807, 2.05) is 66.7 Å². The molecule has 5 heteroatoms. The molecule has 0 aliphatic carbocycles. The highest BCUT2D eigenvalue weighted by Crippen LogP contribution is 2.47. The molecule has 0 bridgehead atoms. The zero-order valence-electron chi connectivity index (χ0n) is 23.5. The summed E-state index contributed by atoms with van der Waals surface area (Å²) in [5, 5.41) is 2.14.